The van der Waals surface area contributed by atoms with Crippen LogP contribution in [0.1, 0.15) is 241 Å². The van der Waals surface area contributed by atoms with E-state index >= 15 is 0 Å². The quantitative estimate of drug-likeness (QED) is 0.0205. The molecule has 2 bridgehead atoms. The molecular weight excluding hydrogens is 1790 g/mol. The van der Waals surface area contributed by atoms with Crippen molar-refractivity contribution >= 4 is 51.8 Å². The average molecular weight is 1950 g/mol. The number of carbonyl (C=O) groups is 6. The highest BCUT2D eigenvalue weighted by atomic mass is 16.5. The number of fused-ring (bicyclic) bond motifs is 2. The van der Waals surface area contributed by atoms with E-state index < -0.39 is 0 Å². The maximum Gasteiger partial charge on any atom is 0.214 e. The molecule has 3 fully saturated rings. The van der Waals surface area contributed by atoms with E-state index in [1.54, 1.807) is 18.6 Å². The first-order valence-corrected chi connectivity index (χ1v) is 51.1. The van der Waals surface area contributed by atoms with Gasteiger partial charge in [0.05, 0.1) is 94.2 Å². The molecule has 24 heteroatoms. The van der Waals surface area contributed by atoms with Gasteiger partial charge in [-0.15, -0.1) is 4.68 Å². The number of H-pyrrole nitrogens is 1. The van der Waals surface area contributed by atoms with Crippen LogP contribution in [-0.4, -0.2) is 190 Å². The van der Waals surface area contributed by atoms with Crippen LogP contribution in [0.25, 0.3) is 28.0 Å². The van der Waals surface area contributed by atoms with Crippen LogP contribution in [0.2, 0.25) is 0 Å². The van der Waals surface area contributed by atoms with Gasteiger partial charge in [0.25, 0.3) is 0 Å². The minimum absolute atomic E-state index is 0.00986. The molecule has 5 aromatic carbocycles. The van der Waals surface area contributed by atoms with Crippen molar-refractivity contribution < 1.29 is 66.6 Å². The number of anilines is 2. The van der Waals surface area contributed by atoms with Crippen LogP contribution in [0.3, 0.4) is 0 Å². The number of ether oxygens (including phenoxy) is 7. The van der Waals surface area contributed by atoms with Crippen molar-refractivity contribution in [2.45, 2.75) is 253 Å². The van der Waals surface area contributed by atoms with Crippen molar-refractivity contribution in [2.24, 2.45) is 40.4 Å². The van der Waals surface area contributed by atoms with Crippen LogP contribution in [0.5, 0.6) is 23.1 Å². The standard InChI is InChI=1S/C25H38N2O2.C23H27N5O2.C19H28N2O2.C18H21NO3.C18H20O3.C16H27NO/c1-24(2,3)22(28)17-27-16-20-14-21(27)15-26(20)12-8-10-18-9-7-11-19(13-18)23(29)25(4,5)6;1-15(2)23(29)18-5-6-21(25-10-18)27-13-20(14-27)30-22-9-17(7-8-24-22)19-11-26-28(12-19)16(3)4;1-14(2)19(22)11-16-6-5-7-17(10-16)18-12-20-21(13-18)8-9-23-15(3)4;1-14(2)18(20)13-21-10-11-22-16-8-9-17(19-12-16)15-6-4-3-5-7-15;1-14(2)18(19)13-20-12-15-8-10-17(11-9-15)21-16-6-4-3-5-7-16;1-15(2,3)13-7-9-14(10-8-13)17-11-12-18-16(4,5)6/h7,9,11,13,20-21H,8,10,12,14-17H2,1-6H3;5-12,15-16,20H,13-14H2,1-4H3;5,7,10,12-16H,6,8-9,11H2,1-4H3;3-9,12,14H,10-11,13H2,1-2H3;3-11,14H,12-13H2,1-2H3;7-10,17H,11-12H2,1-6H3/p+1/t20-,21-;;;;;/m0...../s1. The van der Waals surface area contributed by atoms with Gasteiger partial charge in [0.1, 0.15) is 54.8 Å². The highest BCUT2D eigenvalue weighted by Gasteiger charge is 2.44. The summed E-state index contributed by atoms with van der Waals surface area (Å²) in [5.41, 5.74) is 12.3. The normalized spacial score (nSPS) is 15.3. The van der Waals surface area contributed by atoms with Gasteiger partial charge >= 0.3 is 0 Å². The fraction of sp³-hybridized carbons (Fsp3) is 0.487. The number of piperazine rings is 1. The molecule has 1 unspecified atom stereocenters. The third-order valence-electron chi connectivity index (χ3n) is 24.7. The lowest BCUT2D eigenvalue weighted by molar-refractivity contribution is -0.767. The number of nitrogens with one attached hydrogen (secondary N) is 2. The zero-order chi connectivity index (χ0) is 104. The Labute approximate surface area is 852 Å². The van der Waals surface area contributed by atoms with Crippen molar-refractivity contribution in [3.05, 3.63) is 265 Å². The van der Waals surface area contributed by atoms with Gasteiger partial charge in [-0.25, -0.2) is 9.97 Å². The molecule has 10 aromatic rings. The molecule has 770 valence electrons. The average Bonchev–Trinajstić information content (AvgIpc) is 1.65. The van der Waals surface area contributed by atoms with Crippen LogP contribution in [-0.2, 0) is 63.1 Å². The van der Waals surface area contributed by atoms with Crippen LogP contribution in [0.4, 0.5) is 11.5 Å². The molecule has 3 aliphatic heterocycles. The first-order chi connectivity index (χ1) is 67.8. The lowest BCUT2D eigenvalue weighted by atomic mass is 9.86. The summed E-state index contributed by atoms with van der Waals surface area (Å²) >= 11 is 0. The molecule has 5 aromatic heterocycles. The van der Waals surface area contributed by atoms with Crippen molar-refractivity contribution in [2.75, 3.05) is 95.7 Å². The summed E-state index contributed by atoms with van der Waals surface area (Å²) in [6.45, 7) is 58.2. The number of carbonyl (C=O) groups excluding carboxylic acids is 6. The number of nitrogens with zero attached hydrogens (tertiary/aromatic N) is 9. The monoisotopic (exact) mass is 1950 g/mol. The number of hydrogen-bond acceptors (Lipinski definition) is 21. The molecule has 0 radical (unpaired) electrons. The van der Waals surface area contributed by atoms with Gasteiger partial charge in [0.15, 0.2) is 35.0 Å². The zero-order valence-corrected chi connectivity index (χ0v) is 89.7. The maximum absolute atomic E-state index is 12.5. The van der Waals surface area contributed by atoms with E-state index in [9.17, 15) is 28.8 Å². The van der Waals surface area contributed by atoms with Crippen LogP contribution >= 0.6 is 0 Å². The largest absolute Gasteiger partial charge is 0.490 e. The second-order valence-corrected chi connectivity index (χ2v) is 43.2. The SMILES string of the molecule is CC(C)(C)C(=O)CN1C[C@@H]2C[C@H]1CN2CCCc1cccc(C(=O)C(C)(C)C)c1.CC(C)(C)OCCNc1ccc(C(C)(C)C)cc1.CC(C)C(=O)COCCOc1ccc(-c2ccccc2)nc1.CC(C)C(=O)COCc1ccc(Oc2ccccc2)cc1.CC(C)C(=O)c1ccc(N2CC(Oc3cc(-c4c[nH][n+](C(C)C)c4)ccn3)C2)nc1.CC(C)OCCn1cc(C2=CC(CC(=O)C(C)C)CC=C2)cn1. The Hall–Kier alpha value is -11.8. The van der Waals surface area contributed by atoms with E-state index in [-0.39, 0.29) is 94.1 Å². The number of aromatic amines is 1. The highest BCUT2D eigenvalue weighted by molar-refractivity contribution is 6.00. The zero-order valence-electron chi connectivity index (χ0n) is 89.7. The van der Waals surface area contributed by atoms with Crippen molar-refractivity contribution in [1.29, 1.82) is 0 Å². The second-order valence-electron chi connectivity index (χ2n) is 43.2. The summed E-state index contributed by atoms with van der Waals surface area (Å²) in [7, 11) is 0. The predicted octanol–water partition coefficient (Wildman–Crippen LogP) is 23.4. The summed E-state index contributed by atoms with van der Waals surface area (Å²) in [6.07, 6.45) is 24.9. The molecule has 2 N–H and O–H groups in total. The summed E-state index contributed by atoms with van der Waals surface area (Å²) in [4.78, 5) is 92.0. The Balaban J connectivity index is 0.000000193. The molecule has 3 saturated heterocycles. The number of para-hydroxylation sites is 1. The Morgan fingerprint density at radius 1 is 0.552 bits per heavy atom. The van der Waals surface area contributed by atoms with E-state index in [1.807, 2.05) is 268 Å². The molecule has 4 aliphatic rings. The number of benzene rings is 5. The highest BCUT2D eigenvalue weighted by Crippen LogP contribution is 2.35. The van der Waals surface area contributed by atoms with Crippen molar-refractivity contribution in [3.63, 3.8) is 0 Å². The van der Waals surface area contributed by atoms with Gasteiger partial charge in [-0.1, -0.05) is 227 Å². The van der Waals surface area contributed by atoms with Crippen molar-refractivity contribution in [3.8, 4) is 45.5 Å². The number of rotatable bonds is 41. The van der Waals surface area contributed by atoms with Gasteiger partial charge in [0.2, 0.25) is 12.1 Å². The first kappa shape index (κ1) is 115. The predicted molar refractivity (Wildman–Crippen MR) is 574 cm³/mol. The molecule has 24 nitrogen and oxygen atoms in total. The third-order valence-corrected chi connectivity index (χ3v) is 24.7. The van der Waals surface area contributed by atoms with Gasteiger partial charge in [0, 0.05) is 125 Å². The topological polar surface area (TPSA) is 265 Å². The number of aryl methyl sites for hydroxylation is 1. The minimum Gasteiger partial charge on any atom is -0.490 e. The number of Topliss-reactive ketones (excluding diaryl/α,β-unsaturated/α-hetero) is 6. The van der Waals surface area contributed by atoms with Gasteiger partial charge in [-0.3, -0.25) is 48.2 Å². The molecule has 3 atom stereocenters. The van der Waals surface area contributed by atoms with Crippen LogP contribution in [0, 0.1) is 40.4 Å². The minimum atomic E-state index is -0.340. The second kappa shape index (κ2) is 55.9. The summed E-state index contributed by atoms with van der Waals surface area (Å²) in [5.74, 6) is 5.43. The number of likely N-dealkylation sites (tertiary alicyclic amines) is 2. The molecular formula is C119H162N11O13+. The molecule has 8 heterocycles. The summed E-state index contributed by atoms with van der Waals surface area (Å²) < 4.78 is 43.2. The molecule has 14 rings (SSSR count). The number of aromatic nitrogens is 7. The maximum atomic E-state index is 12.5. The lowest BCUT2D eigenvalue weighted by Gasteiger charge is -2.39. The van der Waals surface area contributed by atoms with Gasteiger partial charge < -0.3 is 43.4 Å². The van der Waals surface area contributed by atoms with Gasteiger partial charge in [-0.05, 0) is 193 Å². The number of ketones is 6. The molecule has 0 spiro atoms. The number of allylic oxidation sites excluding steroid dienone is 4. The Morgan fingerprint density at radius 3 is 1.80 bits per heavy atom. The molecule has 143 heavy (non-hydrogen) atoms. The smallest absolute Gasteiger partial charge is 0.214 e. The molecule has 0 saturated carbocycles. The van der Waals surface area contributed by atoms with Gasteiger partial charge in [-0.2, -0.15) is 10.2 Å². The number of hydrogen-bond donors (Lipinski definition) is 2. The van der Waals surface area contributed by atoms with E-state index in [0.29, 0.717) is 92.2 Å². The summed E-state index contributed by atoms with van der Waals surface area (Å²) in [5, 5.41) is 11.0. The summed E-state index contributed by atoms with van der Waals surface area (Å²) in [6, 6.07) is 57.1. The lowest BCUT2D eigenvalue weighted by Crippen LogP contribution is -2.54. The fourth-order valence-electron chi connectivity index (χ4n) is 15.7. The Bertz CT molecular complexity index is 5620. The molecule has 0 amide bonds. The van der Waals surface area contributed by atoms with Crippen LogP contribution < -0.4 is 29.1 Å². The van der Waals surface area contributed by atoms with E-state index in [0.717, 1.165) is 139 Å². The molecule has 1 aliphatic carbocycles. The fourth-order valence-corrected chi connectivity index (χ4v) is 15.7. The third kappa shape index (κ3) is 39.7. The van der Waals surface area contributed by atoms with Crippen LogP contribution in [0.15, 0.2) is 231 Å². The van der Waals surface area contributed by atoms with E-state index in [4.69, 9.17) is 33.2 Å². The van der Waals surface area contributed by atoms with E-state index in [1.165, 1.54) is 17.5 Å². The van der Waals surface area contributed by atoms with Crippen molar-refractivity contribution in [1.82, 2.24) is 39.6 Å². The number of pyridine rings is 3. The Kier molecular flexibility index (Phi) is 44.9. The Morgan fingerprint density at radius 2 is 1.21 bits per heavy atom. The first-order valence-electron chi connectivity index (χ1n) is 51.1. The van der Waals surface area contributed by atoms with E-state index in [2.05, 4.69) is 166 Å².